The van der Waals surface area contributed by atoms with E-state index in [1.807, 2.05) is 11.7 Å². The standard InChI is InChI=1S/C16H28N4/c1-12-15(13(2)19(3)18-12)11-20-9-6-14(7-10-20)16-5-4-8-17-16/h14,16-17H,4-11H2,1-3H3. The zero-order valence-corrected chi connectivity index (χ0v) is 13.2. The van der Waals surface area contributed by atoms with Crippen molar-refractivity contribution in [2.24, 2.45) is 13.0 Å². The van der Waals surface area contributed by atoms with Crippen LogP contribution in [-0.4, -0.2) is 40.4 Å². The molecule has 1 unspecified atom stereocenters. The molecule has 0 bridgehead atoms. The molecule has 0 spiro atoms. The Morgan fingerprint density at radius 2 is 1.95 bits per heavy atom. The maximum Gasteiger partial charge on any atom is 0.0641 e. The van der Waals surface area contributed by atoms with Gasteiger partial charge in [-0.25, -0.2) is 0 Å². The molecule has 2 saturated heterocycles. The van der Waals surface area contributed by atoms with Gasteiger partial charge >= 0.3 is 0 Å². The molecule has 2 aliphatic rings. The van der Waals surface area contributed by atoms with E-state index in [-0.39, 0.29) is 0 Å². The van der Waals surface area contributed by atoms with E-state index in [4.69, 9.17) is 0 Å². The first-order valence-corrected chi connectivity index (χ1v) is 8.10. The summed E-state index contributed by atoms with van der Waals surface area (Å²) >= 11 is 0. The molecule has 0 aliphatic carbocycles. The SMILES string of the molecule is Cc1nn(C)c(C)c1CN1CCC(C2CCCN2)CC1. The second kappa shape index (κ2) is 5.86. The molecule has 4 nitrogen and oxygen atoms in total. The largest absolute Gasteiger partial charge is 0.314 e. The third kappa shape index (κ3) is 2.77. The molecule has 112 valence electrons. The van der Waals surface area contributed by atoms with Crippen molar-refractivity contribution in [3.05, 3.63) is 17.0 Å². The monoisotopic (exact) mass is 276 g/mol. The van der Waals surface area contributed by atoms with Gasteiger partial charge in [-0.2, -0.15) is 5.10 Å². The van der Waals surface area contributed by atoms with Crippen molar-refractivity contribution in [3.8, 4) is 0 Å². The number of aryl methyl sites for hydroxylation is 2. The topological polar surface area (TPSA) is 33.1 Å². The lowest BCUT2D eigenvalue weighted by Gasteiger charge is -2.35. The van der Waals surface area contributed by atoms with Gasteiger partial charge in [0.1, 0.15) is 0 Å². The first kappa shape index (κ1) is 14.1. The van der Waals surface area contributed by atoms with Crippen LogP contribution in [0.2, 0.25) is 0 Å². The van der Waals surface area contributed by atoms with Gasteiger partial charge in [0.15, 0.2) is 0 Å². The molecule has 4 heteroatoms. The summed E-state index contributed by atoms with van der Waals surface area (Å²) in [7, 11) is 2.05. The Kier molecular flexibility index (Phi) is 4.13. The zero-order chi connectivity index (χ0) is 14.1. The fourth-order valence-electron chi connectivity index (χ4n) is 3.90. The summed E-state index contributed by atoms with van der Waals surface area (Å²) in [6.45, 7) is 9.13. The Balaban J connectivity index is 1.55. The number of aromatic nitrogens is 2. The number of nitrogens with one attached hydrogen (secondary N) is 1. The van der Waals surface area contributed by atoms with E-state index in [1.165, 1.54) is 62.3 Å². The van der Waals surface area contributed by atoms with Crippen LogP contribution in [-0.2, 0) is 13.6 Å². The number of hydrogen-bond acceptors (Lipinski definition) is 3. The highest BCUT2D eigenvalue weighted by Gasteiger charge is 2.28. The fraction of sp³-hybridized carbons (Fsp3) is 0.812. The zero-order valence-electron chi connectivity index (χ0n) is 13.2. The summed E-state index contributed by atoms with van der Waals surface area (Å²) in [4.78, 5) is 2.61. The minimum atomic E-state index is 0.805. The number of hydrogen-bond donors (Lipinski definition) is 1. The lowest BCUT2D eigenvalue weighted by molar-refractivity contribution is 0.157. The van der Waals surface area contributed by atoms with Crippen LogP contribution in [0.1, 0.15) is 42.6 Å². The van der Waals surface area contributed by atoms with Crippen LogP contribution in [0.5, 0.6) is 0 Å². The van der Waals surface area contributed by atoms with Crippen molar-refractivity contribution < 1.29 is 0 Å². The van der Waals surface area contributed by atoms with E-state index >= 15 is 0 Å². The molecule has 2 fully saturated rings. The van der Waals surface area contributed by atoms with E-state index in [2.05, 4.69) is 29.2 Å². The van der Waals surface area contributed by atoms with Gasteiger partial charge in [0.2, 0.25) is 0 Å². The van der Waals surface area contributed by atoms with Gasteiger partial charge in [0.25, 0.3) is 0 Å². The van der Waals surface area contributed by atoms with E-state index in [9.17, 15) is 0 Å². The second-order valence-electron chi connectivity index (χ2n) is 6.59. The number of piperidine rings is 1. The van der Waals surface area contributed by atoms with Crippen molar-refractivity contribution in [1.82, 2.24) is 20.0 Å². The van der Waals surface area contributed by atoms with Gasteiger partial charge in [-0.15, -0.1) is 0 Å². The first-order chi connectivity index (χ1) is 9.65. The van der Waals surface area contributed by atoms with Crippen LogP contribution in [0, 0.1) is 19.8 Å². The average molecular weight is 276 g/mol. The highest BCUT2D eigenvalue weighted by atomic mass is 15.3. The summed E-state index contributed by atoms with van der Waals surface area (Å²) in [6, 6.07) is 0.805. The van der Waals surface area contributed by atoms with Crippen molar-refractivity contribution >= 4 is 0 Å². The molecular weight excluding hydrogens is 248 g/mol. The minimum Gasteiger partial charge on any atom is -0.314 e. The summed E-state index contributed by atoms with van der Waals surface area (Å²) < 4.78 is 2.01. The van der Waals surface area contributed by atoms with Crippen molar-refractivity contribution in [2.45, 2.75) is 52.1 Å². The molecule has 0 radical (unpaired) electrons. The molecule has 1 aromatic rings. The van der Waals surface area contributed by atoms with Gasteiger partial charge < -0.3 is 5.32 Å². The normalized spacial score (nSPS) is 25.4. The lowest BCUT2D eigenvalue weighted by Crippen LogP contribution is -2.40. The maximum atomic E-state index is 4.53. The van der Waals surface area contributed by atoms with Crippen LogP contribution in [0.4, 0.5) is 0 Å². The maximum absolute atomic E-state index is 4.53. The molecule has 0 amide bonds. The third-order valence-corrected chi connectivity index (χ3v) is 5.34. The molecule has 0 aromatic carbocycles. The number of nitrogens with zero attached hydrogens (tertiary/aromatic N) is 3. The average Bonchev–Trinajstić information content (AvgIpc) is 3.05. The van der Waals surface area contributed by atoms with Crippen LogP contribution in [0.15, 0.2) is 0 Å². The Labute approximate surface area is 122 Å². The van der Waals surface area contributed by atoms with Gasteiger partial charge in [0.05, 0.1) is 5.69 Å². The van der Waals surface area contributed by atoms with E-state index in [0.717, 1.165) is 18.5 Å². The molecule has 1 aromatic heterocycles. The van der Waals surface area contributed by atoms with Crippen LogP contribution in [0.3, 0.4) is 0 Å². The van der Waals surface area contributed by atoms with Gasteiger partial charge in [0, 0.05) is 30.9 Å². The van der Waals surface area contributed by atoms with Crippen LogP contribution < -0.4 is 5.32 Å². The molecule has 3 rings (SSSR count). The quantitative estimate of drug-likeness (QED) is 0.916. The summed E-state index contributed by atoms with van der Waals surface area (Å²) in [5, 5.41) is 8.21. The molecule has 1 N–H and O–H groups in total. The molecule has 20 heavy (non-hydrogen) atoms. The van der Waals surface area contributed by atoms with E-state index in [1.54, 1.807) is 0 Å². The lowest BCUT2D eigenvalue weighted by atomic mass is 9.88. The van der Waals surface area contributed by atoms with Crippen LogP contribution in [0.25, 0.3) is 0 Å². The Bertz CT molecular complexity index is 451. The Morgan fingerprint density at radius 1 is 1.20 bits per heavy atom. The number of rotatable bonds is 3. The molecule has 1 atom stereocenters. The van der Waals surface area contributed by atoms with E-state index < -0.39 is 0 Å². The van der Waals surface area contributed by atoms with Gasteiger partial charge in [-0.3, -0.25) is 9.58 Å². The van der Waals surface area contributed by atoms with Crippen LogP contribution >= 0.6 is 0 Å². The molecule has 3 heterocycles. The van der Waals surface area contributed by atoms with E-state index in [0.29, 0.717) is 0 Å². The fourth-order valence-corrected chi connectivity index (χ4v) is 3.90. The van der Waals surface area contributed by atoms with Gasteiger partial charge in [-0.05, 0) is 65.1 Å². The molecule has 2 aliphatic heterocycles. The molecular formula is C16H28N4. The Morgan fingerprint density at radius 3 is 2.50 bits per heavy atom. The smallest absolute Gasteiger partial charge is 0.0641 e. The highest BCUT2D eigenvalue weighted by molar-refractivity contribution is 5.24. The first-order valence-electron chi connectivity index (χ1n) is 8.10. The summed E-state index contributed by atoms with van der Waals surface area (Å²) in [6.07, 6.45) is 5.48. The van der Waals surface area contributed by atoms with Crippen molar-refractivity contribution in [1.29, 1.82) is 0 Å². The van der Waals surface area contributed by atoms with Crippen molar-refractivity contribution in [2.75, 3.05) is 19.6 Å². The summed E-state index contributed by atoms with van der Waals surface area (Å²) in [5.74, 6) is 0.907. The second-order valence-corrected chi connectivity index (χ2v) is 6.59. The molecule has 0 saturated carbocycles. The highest BCUT2D eigenvalue weighted by Crippen LogP contribution is 2.27. The third-order valence-electron chi connectivity index (χ3n) is 5.34. The minimum absolute atomic E-state index is 0.805. The van der Waals surface area contributed by atoms with Gasteiger partial charge in [-0.1, -0.05) is 0 Å². The number of likely N-dealkylation sites (tertiary alicyclic amines) is 1. The predicted molar refractivity (Wildman–Crippen MR) is 81.7 cm³/mol. The predicted octanol–water partition coefficient (Wildman–Crippen LogP) is 2.00. The van der Waals surface area contributed by atoms with Crippen molar-refractivity contribution in [3.63, 3.8) is 0 Å². The summed E-state index contributed by atoms with van der Waals surface area (Å²) in [5.41, 5.74) is 3.96. The Hall–Kier alpha value is -0.870.